The van der Waals surface area contributed by atoms with Crippen molar-refractivity contribution < 1.29 is 19.1 Å². The van der Waals surface area contributed by atoms with Gasteiger partial charge in [-0.15, -0.1) is 0 Å². The molecule has 8 heteroatoms. The molecule has 3 rings (SSSR count). The van der Waals surface area contributed by atoms with Crippen molar-refractivity contribution in [3.05, 3.63) is 71.0 Å². The molecule has 0 aliphatic heterocycles. The van der Waals surface area contributed by atoms with Crippen LogP contribution in [0.4, 0.5) is 0 Å². The zero-order valence-electron chi connectivity index (χ0n) is 17.4. The lowest BCUT2D eigenvalue weighted by molar-refractivity contribution is 0.0846. The number of hydrogen-bond acceptors (Lipinski definition) is 5. The van der Waals surface area contributed by atoms with Crippen molar-refractivity contribution in [3.8, 4) is 17.2 Å². The van der Waals surface area contributed by atoms with E-state index in [1.54, 1.807) is 16.8 Å². The van der Waals surface area contributed by atoms with Gasteiger partial charge in [0.05, 0.1) is 37.4 Å². The molecule has 0 unspecified atom stereocenters. The minimum Gasteiger partial charge on any atom is -0.493 e. The van der Waals surface area contributed by atoms with Gasteiger partial charge in [-0.3, -0.25) is 20.4 Å². The topological polar surface area (TPSA) is 94.5 Å². The molecular formula is C22H24N4O4. The van der Waals surface area contributed by atoms with Crippen molar-refractivity contribution >= 4 is 11.8 Å². The average Bonchev–Trinajstić information content (AvgIpc) is 3.21. The van der Waals surface area contributed by atoms with Gasteiger partial charge >= 0.3 is 0 Å². The van der Waals surface area contributed by atoms with Crippen molar-refractivity contribution in [1.82, 2.24) is 20.6 Å². The summed E-state index contributed by atoms with van der Waals surface area (Å²) in [6, 6.07) is 12.6. The van der Waals surface area contributed by atoms with E-state index in [-0.39, 0.29) is 0 Å². The van der Waals surface area contributed by atoms with Gasteiger partial charge in [0.2, 0.25) is 0 Å². The molecule has 0 fully saturated rings. The lowest BCUT2D eigenvalue weighted by Gasteiger charge is -2.11. The van der Waals surface area contributed by atoms with Crippen LogP contribution in [0.5, 0.6) is 11.5 Å². The Bertz CT molecular complexity index is 1060. The Morgan fingerprint density at radius 1 is 0.967 bits per heavy atom. The third-order valence-corrected chi connectivity index (χ3v) is 4.66. The molecule has 2 N–H and O–H groups in total. The maximum absolute atomic E-state index is 12.7. The first-order valence-electron chi connectivity index (χ1n) is 9.45. The molecule has 3 aromatic rings. The zero-order valence-corrected chi connectivity index (χ0v) is 17.4. The van der Waals surface area contributed by atoms with Gasteiger partial charge in [0.1, 0.15) is 0 Å². The highest BCUT2D eigenvalue weighted by Crippen LogP contribution is 2.27. The predicted molar refractivity (Wildman–Crippen MR) is 112 cm³/mol. The number of aryl methyl sites for hydroxylation is 1. The monoisotopic (exact) mass is 408 g/mol. The molecule has 0 aliphatic rings. The maximum atomic E-state index is 12.7. The average molecular weight is 408 g/mol. The molecule has 2 amide bonds. The van der Waals surface area contributed by atoms with Gasteiger partial charge in [0.15, 0.2) is 11.5 Å². The molecule has 0 saturated heterocycles. The van der Waals surface area contributed by atoms with Crippen LogP contribution in [0.1, 0.15) is 38.9 Å². The first-order valence-corrected chi connectivity index (χ1v) is 9.45. The summed E-state index contributed by atoms with van der Waals surface area (Å²) >= 11 is 0. The van der Waals surface area contributed by atoms with Gasteiger partial charge in [0, 0.05) is 5.56 Å². The summed E-state index contributed by atoms with van der Waals surface area (Å²) in [5, 5.41) is 4.35. The highest BCUT2D eigenvalue weighted by molar-refractivity contribution is 5.99. The summed E-state index contributed by atoms with van der Waals surface area (Å²) in [5.41, 5.74) is 8.33. The number of rotatable bonds is 6. The van der Waals surface area contributed by atoms with Crippen LogP contribution in [0.3, 0.4) is 0 Å². The second-order valence-corrected chi connectivity index (χ2v) is 6.58. The second-order valence-electron chi connectivity index (χ2n) is 6.58. The lowest BCUT2D eigenvalue weighted by Crippen LogP contribution is -2.41. The van der Waals surface area contributed by atoms with E-state index in [9.17, 15) is 9.59 Å². The number of aromatic nitrogens is 2. The molecule has 30 heavy (non-hydrogen) atoms. The molecule has 1 heterocycles. The lowest BCUT2D eigenvalue weighted by atomic mass is 10.1. The Kier molecular flexibility index (Phi) is 6.36. The fraction of sp³-hybridized carbons (Fsp3) is 0.227. The summed E-state index contributed by atoms with van der Waals surface area (Å²) < 4.78 is 12.1. The SMILES string of the molecule is CCc1c(C(=O)NNC(=O)c2ccc(OC)c(OC)c2)cnn1-c1ccc(C)cc1. The molecule has 0 atom stereocenters. The second kappa shape index (κ2) is 9.13. The van der Waals surface area contributed by atoms with Gasteiger partial charge in [-0.25, -0.2) is 4.68 Å². The largest absolute Gasteiger partial charge is 0.493 e. The minimum absolute atomic E-state index is 0.319. The van der Waals surface area contributed by atoms with Crippen LogP contribution < -0.4 is 20.3 Å². The fourth-order valence-corrected chi connectivity index (χ4v) is 3.04. The first kappa shape index (κ1) is 20.9. The number of hydrazine groups is 1. The summed E-state index contributed by atoms with van der Waals surface area (Å²) in [6.45, 7) is 3.95. The third-order valence-electron chi connectivity index (χ3n) is 4.66. The quantitative estimate of drug-likeness (QED) is 0.612. The Balaban J connectivity index is 1.73. The molecule has 0 bridgehead atoms. The molecule has 0 aliphatic carbocycles. The summed E-state index contributed by atoms with van der Waals surface area (Å²) in [4.78, 5) is 25.1. The number of carbonyl (C=O) groups excluding carboxylic acids is 2. The number of ether oxygens (including phenoxy) is 2. The Labute approximate surface area is 174 Å². The van der Waals surface area contributed by atoms with Crippen LogP contribution >= 0.6 is 0 Å². The Morgan fingerprint density at radius 3 is 2.27 bits per heavy atom. The molecule has 156 valence electrons. The fourth-order valence-electron chi connectivity index (χ4n) is 3.04. The van der Waals surface area contributed by atoms with Crippen LogP contribution in [0.25, 0.3) is 5.69 Å². The zero-order chi connectivity index (χ0) is 21.7. The van der Waals surface area contributed by atoms with Gasteiger partial charge in [-0.1, -0.05) is 24.6 Å². The number of methoxy groups -OCH3 is 2. The van der Waals surface area contributed by atoms with E-state index >= 15 is 0 Å². The molecular weight excluding hydrogens is 384 g/mol. The van der Waals surface area contributed by atoms with Gasteiger partial charge < -0.3 is 9.47 Å². The van der Waals surface area contributed by atoms with Crippen molar-refractivity contribution in [2.45, 2.75) is 20.3 Å². The van der Waals surface area contributed by atoms with E-state index < -0.39 is 11.8 Å². The number of benzene rings is 2. The van der Waals surface area contributed by atoms with Crippen molar-refractivity contribution in [2.75, 3.05) is 14.2 Å². The summed E-state index contributed by atoms with van der Waals surface area (Å²) in [6.07, 6.45) is 2.09. The number of nitrogens with one attached hydrogen (secondary N) is 2. The molecule has 2 aromatic carbocycles. The predicted octanol–water partition coefficient (Wildman–Crippen LogP) is 2.84. The van der Waals surface area contributed by atoms with Crippen LogP contribution in [-0.2, 0) is 6.42 Å². The molecule has 0 saturated carbocycles. The van der Waals surface area contributed by atoms with E-state index in [2.05, 4.69) is 16.0 Å². The third kappa shape index (κ3) is 4.27. The molecule has 8 nitrogen and oxygen atoms in total. The highest BCUT2D eigenvalue weighted by atomic mass is 16.5. The number of hydrogen-bond donors (Lipinski definition) is 2. The Morgan fingerprint density at radius 2 is 1.63 bits per heavy atom. The minimum atomic E-state index is -0.478. The number of nitrogens with zero attached hydrogens (tertiary/aromatic N) is 2. The number of carbonyl (C=O) groups is 2. The highest BCUT2D eigenvalue weighted by Gasteiger charge is 2.18. The van der Waals surface area contributed by atoms with Crippen molar-refractivity contribution in [2.24, 2.45) is 0 Å². The van der Waals surface area contributed by atoms with Gasteiger partial charge in [-0.05, 0) is 43.7 Å². The van der Waals surface area contributed by atoms with E-state index in [0.717, 1.165) is 16.9 Å². The van der Waals surface area contributed by atoms with E-state index in [0.29, 0.717) is 29.0 Å². The first-order chi connectivity index (χ1) is 14.5. The standard InChI is InChI=1S/C22H24N4O4/c1-5-18-17(13-23-26(18)16-9-6-14(2)7-10-16)22(28)25-24-21(27)15-8-11-19(29-3)20(12-15)30-4/h6-13H,5H2,1-4H3,(H,24,27)(H,25,28). The number of amides is 2. The summed E-state index contributed by atoms with van der Waals surface area (Å²) in [7, 11) is 3.00. The van der Waals surface area contributed by atoms with E-state index in [1.165, 1.54) is 26.5 Å². The smallest absolute Gasteiger partial charge is 0.273 e. The molecule has 1 aromatic heterocycles. The van der Waals surface area contributed by atoms with Crippen LogP contribution in [0, 0.1) is 6.92 Å². The van der Waals surface area contributed by atoms with E-state index in [4.69, 9.17) is 9.47 Å². The van der Waals surface area contributed by atoms with Crippen LogP contribution in [0.2, 0.25) is 0 Å². The van der Waals surface area contributed by atoms with Gasteiger partial charge in [0.25, 0.3) is 11.8 Å². The van der Waals surface area contributed by atoms with Crippen LogP contribution in [-0.4, -0.2) is 35.8 Å². The van der Waals surface area contributed by atoms with Gasteiger partial charge in [-0.2, -0.15) is 5.10 Å². The molecule has 0 radical (unpaired) electrons. The van der Waals surface area contributed by atoms with Crippen LogP contribution in [0.15, 0.2) is 48.7 Å². The normalized spacial score (nSPS) is 10.4. The summed E-state index contributed by atoms with van der Waals surface area (Å²) in [5.74, 6) is 0.00521. The van der Waals surface area contributed by atoms with Crippen molar-refractivity contribution in [1.29, 1.82) is 0 Å². The molecule has 0 spiro atoms. The van der Waals surface area contributed by atoms with E-state index in [1.807, 2.05) is 38.1 Å². The van der Waals surface area contributed by atoms with Crippen molar-refractivity contribution in [3.63, 3.8) is 0 Å². The Hall–Kier alpha value is -3.81. The maximum Gasteiger partial charge on any atom is 0.273 e.